The summed E-state index contributed by atoms with van der Waals surface area (Å²) in [5.74, 6) is 1.00. The maximum atomic E-state index is 3.58. The van der Waals surface area contributed by atoms with Gasteiger partial charge in [-0.25, -0.2) is 0 Å². The molecule has 0 aromatic carbocycles. The summed E-state index contributed by atoms with van der Waals surface area (Å²) < 4.78 is 0. The zero-order valence-corrected chi connectivity index (χ0v) is 10.8. The average molecular weight is 212 g/mol. The summed E-state index contributed by atoms with van der Waals surface area (Å²) in [6, 6.07) is 0.687. The number of hydrogen-bond acceptors (Lipinski definition) is 2. The fraction of sp³-hybridized carbons (Fsp3) is 1.00. The minimum absolute atomic E-state index is 0.687. The van der Waals surface area contributed by atoms with E-state index in [2.05, 4.69) is 31.1 Å². The Morgan fingerprint density at radius 3 is 2.67 bits per heavy atom. The predicted molar refractivity (Wildman–Crippen MR) is 67.2 cm³/mol. The highest BCUT2D eigenvalue weighted by atomic mass is 15.1. The largest absolute Gasteiger partial charge is 0.313 e. The molecule has 1 rings (SSSR count). The van der Waals surface area contributed by atoms with Gasteiger partial charge in [0.1, 0.15) is 0 Å². The summed E-state index contributed by atoms with van der Waals surface area (Å²) in [5.41, 5.74) is 0. The maximum Gasteiger partial charge on any atom is 0.0104 e. The molecule has 90 valence electrons. The molecule has 1 aliphatic carbocycles. The number of nitrogens with one attached hydrogen (secondary N) is 1. The summed E-state index contributed by atoms with van der Waals surface area (Å²) in [6.07, 6.45) is 6.97. The normalized spacial score (nSPS) is 19.2. The standard InChI is InChI=1S/C13H28N2/c1-4-6-12(2)14-9-10-15(3)11-13-7-5-8-13/h12-14H,4-11H2,1-3H3. The monoisotopic (exact) mass is 212 g/mol. The van der Waals surface area contributed by atoms with E-state index in [1.807, 2.05) is 0 Å². The Labute approximate surface area is 95.4 Å². The molecule has 0 bridgehead atoms. The lowest BCUT2D eigenvalue weighted by atomic mass is 9.85. The lowest BCUT2D eigenvalue weighted by molar-refractivity contribution is 0.204. The molecule has 0 aliphatic heterocycles. The van der Waals surface area contributed by atoms with Crippen molar-refractivity contribution in [3.63, 3.8) is 0 Å². The average Bonchev–Trinajstić information content (AvgIpc) is 2.12. The second kappa shape index (κ2) is 7.24. The van der Waals surface area contributed by atoms with Crippen molar-refractivity contribution in [3.8, 4) is 0 Å². The molecular weight excluding hydrogens is 184 g/mol. The van der Waals surface area contributed by atoms with Crippen molar-refractivity contribution >= 4 is 0 Å². The van der Waals surface area contributed by atoms with E-state index in [0.29, 0.717) is 6.04 Å². The lowest BCUT2D eigenvalue weighted by Gasteiger charge is -2.30. The van der Waals surface area contributed by atoms with Crippen molar-refractivity contribution < 1.29 is 0 Å². The zero-order chi connectivity index (χ0) is 11.1. The van der Waals surface area contributed by atoms with Crippen LogP contribution in [0.2, 0.25) is 0 Å². The predicted octanol–water partition coefficient (Wildman–Crippen LogP) is 2.50. The Kier molecular flexibility index (Phi) is 6.26. The van der Waals surface area contributed by atoms with Crippen molar-refractivity contribution in [2.24, 2.45) is 5.92 Å². The smallest absolute Gasteiger partial charge is 0.0104 e. The minimum Gasteiger partial charge on any atom is -0.313 e. The molecule has 1 atom stereocenters. The van der Waals surface area contributed by atoms with Crippen molar-refractivity contribution in [1.82, 2.24) is 10.2 Å². The van der Waals surface area contributed by atoms with Gasteiger partial charge in [0.2, 0.25) is 0 Å². The van der Waals surface area contributed by atoms with Crippen LogP contribution in [0.1, 0.15) is 46.0 Å². The van der Waals surface area contributed by atoms with Crippen molar-refractivity contribution in [3.05, 3.63) is 0 Å². The van der Waals surface area contributed by atoms with Gasteiger partial charge in [-0.05, 0) is 39.2 Å². The van der Waals surface area contributed by atoms with Gasteiger partial charge in [-0.1, -0.05) is 19.8 Å². The van der Waals surface area contributed by atoms with Crippen LogP contribution >= 0.6 is 0 Å². The number of nitrogens with zero attached hydrogens (tertiary/aromatic N) is 1. The summed E-state index contributed by atoms with van der Waals surface area (Å²) in [5, 5.41) is 3.58. The lowest BCUT2D eigenvalue weighted by Crippen LogP contribution is -2.37. The van der Waals surface area contributed by atoms with Crippen LogP contribution in [-0.2, 0) is 0 Å². The molecule has 0 aromatic heterocycles. The first-order valence-electron chi connectivity index (χ1n) is 6.64. The summed E-state index contributed by atoms with van der Waals surface area (Å²) in [4.78, 5) is 2.48. The van der Waals surface area contributed by atoms with E-state index in [1.165, 1.54) is 45.2 Å². The van der Waals surface area contributed by atoms with Gasteiger partial charge in [-0.3, -0.25) is 0 Å². The number of hydrogen-bond donors (Lipinski definition) is 1. The summed E-state index contributed by atoms with van der Waals surface area (Å²) in [6.45, 7) is 8.19. The van der Waals surface area contributed by atoms with E-state index in [9.17, 15) is 0 Å². The van der Waals surface area contributed by atoms with Gasteiger partial charge >= 0.3 is 0 Å². The quantitative estimate of drug-likeness (QED) is 0.665. The minimum atomic E-state index is 0.687. The topological polar surface area (TPSA) is 15.3 Å². The molecule has 1 fully saturated rings. The first-order valence-corrected chi connectivity index (χ1v) is 6.64. The van der Waals surface area contributed by atoms with Gasteiger partial charge in [0.25, 0.3) is 0 Å². The van der Waals surface area contributed by atoms with Crippen LogP contribution in [0.25, 0.3) is 0 Å². The van der Waals surface area contributed by atoms with Crippen LogP contribution in [0.3, 0.4) is 0 Å². The van der Waals surface area contributed by atoms with Crippen molar-refractivity contribution in [2.75, 3.05) is 26.7 Å². The maximum absolute atomic E-state index is 3.58. The van der Waals surface area contributed by atoms with E-state index in [4.69, 9.17) is 0 Å². The van der Waals surface area contributed by atoms with Crippen LogP contribution in [0, 0.1) is 5.92 Å². The van der Waals surface area contributed by atoms with Crippen LogP contribution in [-0.4, -0.2) is 37.6 Å². The molecule has 0 amide bonds. The zero-order valence-electron chi connectivity index (χ0n) is 10.8. The van der Waals surface area contributed by atoms with Crippen molar-refractivity contribution in [2.45, 2.75) is 52.0 Å². The number of likely N-dealkylation sites (N-methyl/N-ethyl adjacent to an activating group) is 1. The van der Waals surface area contributed by atoms with E-state index in [1.54, 1.807) is 0 Å². The van der Waals surface area contributed by atoms with Gasteiger partial charge < -0.3 is 10.2 Å². The van der Waals surface area contributed by atoms with Gasteiger partial charge in [-0.2, -0.15) is 0 Å². The highest BCUT2D eigenvalue weighted by Gasteiger charge is 2.18. The third-order valence-corrected chi connectivity index (χ3v) is 3.50. The van der Waals surface area contributed by atoms with Crippen molar-refractivity contribution in [1.29, 1.82) is 0 Å². The Morgan fingerprint density at radius 2 is 2.13 bits per heavy atom. The molecule has 2 nitrogen and oxygen atoms in total. The highest BCUT2D eigenvalue weighted by molar-refractivity contribution is 4.73. The van der Waals surface area contributed by atoms with Crippen LogP contribution in [0.5, 0.6) is 0 Å². The fourth-order valence-corrected chi connectivity index (χ4v) is 2.24. The molecular formula is C13H28N2. The Morgan fingerprint density at radius 1 is 1.40 bits per heavy atom. The Hall–Kier alpha value is -0.0800. The van der Waals surface area contributed by atoms with Gasteiger partial charge in [-0.15, -0.1) is 0 Å². The number of rotatable bonds is 8. The van der Waals surface area contributed by atoms with Crippen LogP contribution in [0.15, 0.2) is 0 Å². The molecule has 0 radical (unpaired) electrons. The molecule has 1 saturated carbocycles. The molecule has 0 aromatic rings. The highest BCUT2D eigenvalue weighted by Crippen LogP contribution is 2.26. The van der Waals surface area contributed by atoms with Crippen LogP contribution < -0.4 is 5.32 Å². The molecule has 2 heteroatoms. The Bertz CT molecular complexity index is 155. The fourth-order valence-electron chi connectivity index (χ4n) is 2.24. The van der Waals surface area contributed by atoms with Gasteiger partial charge in [0.05, 0.1) is 0 Å². The first-order chi connectivity index (χ1) is 7.22. The van der Waals surface area contributed by atoms with Crippen LogP contribution in [0.4, 0.5) is 0 Å². The van der Waals surface area contributed by atoms with E-state index in [0.717, 1.165) is 12.5 Å². The van der Waals surface area contributed by atoms with E-state index < -0.39 is 0 Å². The Balaban J connectivity index is 1.93. The molecule has 0 saturated heterocycles. The van der Waals surface area contributed by atoms with E-state index in [-0.39, 0.29) is 0 Å². The molecule has 1 unspecified atom stereocenters. The second-order valence-corrected chi connectivity index (χ2v) is 5.20. The third kappa shape index (κ3) is 5.53. The molecule has 0 spiro atoms. The third-order valence-electron chi connectivity index (χ3n) is 3.50. The molecule has 1 aliphatic rings. The molecule has 0 heterocycles. The first kappa shape index (κ1) is 13.0. The SMILES string of the molecule is CCCC(C)NCCN(C)CC1CCC1. The van der Waals surface area contributed by atoms with Gasteiger partial charge in [0, 0.05) is 25.7 Å². The second-order valence-electron chi connectivity index (χ2n) is 5.20. The summed E-state index contributed by atoms with van der Waals surface area (Å²) in [7, 11) is 2.25. The van der Waals surface area contributed by atoms with E-state index >= 15 is 0 Å². The molecule has 15 heavy (non-hydrogen) atoms. The molecule has 1 N–H and O–H groups in total. The van der Waals surface area contributed by atoms with Gasteiger partial charge in [0.15, 0.2) is 0 Å². The summed E-state index contributed by atoms with van der Waals surface area (Å²) >= 11 is 0.